The summed E-state index contributed by atoms with van der Waals surface area (Å²) in [6, 6.07) is 11.3. The van der Waals surface area contributed by atoms with E-state index in [1.807, 2.05) is 49.3 Å². The van der Waals surface area contributed by atoms with E-state index >= 15 is 0 Å². The molecule has 2 heterocycles. The number of nitrogens with one attached hydrogen (secondary N) is 1. The molecule has 39 heavy (non-hydrogen) atoms. The van der Waals surface area contributed by atoms with Gasteiger partial charge in [0.25, 0.3) is 0 Å². The van der Waals surface area contributed by atoms with E-state index in [0.717, 1.165) is 85.9 Å². The highest BCUT2D eigenvalue weighted by Crippen LogP contribution is 2.47. The number of rotatable bonds is 11. The fourth-order valence-corrected chi connectivity index (χ4v) is 7.44. The van der Waals surface area contributed by atoms with E-state index in [2.05, 4.69) is 18.0 Å². The van der Waals surface area contributed by atoms with Gasteiger partial charge in [-0.2, -0.15) is 4.99 Å². The van der Waals surface area contributed by atoms with Crippen LogP contribution in [0.2, 0.25) is 0 Å². The van der Waals surface area contributed by atoms with Crippen LogP contribution in [-0.4, -0.2) is 53.5 Å². The van der Waals surface area contributed by atoms with Gasteiger partial charge in [-0.3, -0.25) is 0 Å². The summed E-state index contributed by atoms with van der Waals surface area (Å²) >= 11 is 0. The van der Waals surface area contributed by atoms with E-state index in [1.54, 1.807) is 6.07 Å². The van der Waals surface area contributed by atoms with Gasteiger partial charge < -0.3 is 10.6 Å². The van der Waals surface area contributed by atoms with Crippen molar-refractivity contribution in [2.45, 2.75) is 63.2 Å². The van der Waals surface area contributed by atoms with Crippen LogP contribution in [0.5, 0.6) is 0 Å². The molecule has 1 aliphatic heterocycles. The highest BCUT2D eigenvalue weighted by Gasteiger charge is 2.41. The molecule has 208 valence electrons. The summed E-state index contributed by atoms with van der Waals surface area (Å²) in [7, 11) is 0.283. The van der Waals surface area contributed by atoms with Crippen LogP contribution in [0.25, 0.3) is 10.8 Å². The van der Waals surface area contributed by atoms with Crippen LogP contribution in [-0.2, 0) is 22.9 Å². The van der Waals surface area contributed by atoms with E-state index in [9.17, 15) is 8.42 Å². The Hall–Kier alpha value is -3.01. The lowest BCUT2D eigenvalue weighted by molar-refractivity contribution is 0.399. The quantitative estimate of drug-likeness (QED) is 0.250. The average Bonchev–Trinajstić information content (AvgIpc) is 3.31. The molecule has 1 unspecified atom stereocenters. The number of fused-ring (bicyclic) bond motifs is 4. The van der Waals surface area contributed by atoms with Crippen molar-refractivity contribution in [2.75, 3.05) is 44.4 Å². The van der Waals surface area contributed by atoms with E-state index in [0.29, 0.717) is 21.7 Å². The number of nitrogens with two attached hydrogens (primary N) is 1. The molecule has 0 saturated heterocycles. The number of quaternary nitrogens is 1. The summed E-state index contributed by atoms with van der Waals surface area (Å²) in [5, 5.41) is 1.66. The highest BCUT2D eigenvalue weighted by molar-refractivity contribution is 7.89. The molecule has 8 nitrogen and oxygen atoms in total. The average molecular weight is 550 g/mol. The zero-order valence-electron chi connectivity index (χ0n) is 23.4. The fourth-order valence-electron chi connectivity index (χ4n) is 6.15. The first-order valence-electron chi connectivity index (χ1n) is 14.2. The van der Waals surface area contributed by atoms with Crippen LogP contribution in [0.4, 0.5) is 22.9 Å². The lowest BCUT2D eigenvalue weighted by Crippen LogP contribution is -2.49. The molecular weight excluding hydrogens is 508 g/mol. The van der Waals surface area contributed by atoms with Crippen molar-refractivity contribution in [1.82, 2.24) is 14.2 Å². The first-order chi connectivity index (χ1) is 18.8. The molecule has 0 spiro atoms. The SMILES string of the molecule is CCCC[N+]1(CCCCNS(=O)(=O)c2cccc3c(N(C)C)cccc23)C=Nc2c(N)nc3c(c21)CCCC3. The van der Waals surface area contributed by atoms with Crippen LogP contribution < -0.4 is 19.8 Å². The summed E-state index contributed by atoms with van der Waals surface area (Å²) in [4.78, 5) is 11.8. The standard InChI is InChI=1S/C30H41N6O2S/c1-4-5-19-36(21-32-28-29(36)24-12-6-7-15-25(24)34-30(28)31)20-9-8-18-33-39(37,38)27-17-11-13-22-23(27)14-10-16-26(22)35(2)3/h10-11,13-14,16-17,21,33H,4-9,12,15,18-20H2,1-3H3,(H2,31,34)/q+1. The Morgan fingerprint density at radius 3 is 2.54 bits per heavy atom. The minimum Gasteiger partial charge on any atom is -0.382 e. The second-order valence-electron chi connectivity index (χ2n) is 11.0. The van der Waals surface area contributed by atoms with Gasteiger partial charge in [-0.1, -0.05) is 37.6 Å². The number of anilines is 2. The molecule has 0 fully saturated rings. The molecule has 0 saturated carbocycles. The maximum absolute atomic E-state index is 13.3. The normalized spacial score (nSPS) is 18.3. The van der Waals surface area contributed by atoms with Gasteiger partial charge in [0.15, 0.2) is 23.5 Å². The zero-order valence-corrected chi connectivity index (χ0v) is 24.2. The summed E-state index contributed by atoms with van der Waals surface area (Å²) in [5.41, 5.74) is 12.0. The molecule has 2 aromatic carbocycles. The summed E-state index contributed by atoms with van der Waals surface area (Å²) in [5.74, 6) is 0.540. The van der Waals surface area contributed by atoms with E-state index < -0.39 is 10.0 Å². The van der Waals surface area contributed by atoms with Crippen LogP contribution in [0.3, 0.4) is 0 Å². The number of nitrogen functional groups attached to an aromatic ring is 1. The number of nitrogens with zero attached hydrogens (tertiary/aromatic N) is 4. The maximum Gasteiger partial charge on any atom is 0.241 e. The molecule has 0 amide bonds. The first kappa shape index (κ1) is 27.6. The van der Waals surface area contributed by atoms with Crippen LogP contribution in [0.1, 0.15) is 56.7 Å². The van der Waals surface area contributed by atoms with Crippen LogP contribution >= 0.6 is 0 Å². The zero-order chi connectivity index (χ0) is 27.6. The number of sulfonamides is 1. The molecule has 0 bridgehead atoms. The molecule has 5 rings (SSSR count). The monoisotopic (exact) mass is 549 g/mol. The molecule has 1 aliphatic carbocycles. The van der Waals surface area contributed by atoms with Gasteiger partial charge in [0.05, 0.1) is 23.7 Å². The Bertz CT molecular complexity index is 1500. The number of hydrogen-bond donors (Lipinski definition) is 2. The van der Waals surface area contributed by atoms with Crippen molar-refractivity contribution in [3.05, 3.63) is 47.7 Å². The Labute approximate surface area is 232 Å². The minimum absolute atomic E-state index is 0.324. The van der Waals surface area contributed by atoms with Gasteiger partial charge in [-0.05, 0) is 57.1 Å². The number of unbranched alkanes of at least 4 members (excludes halogenated alkanes) is 2. The third kappa shape index (κ3) is 5.27. The maximum atomic E-state index is 13.3. The molecule has 9 heteroatoms. The Kier molecular flexibility index (Phi) is 7.94. The van der Waals surface area contributed by atoms with Crippen LogP contribution in [0.15, 0.2) is 46.3 Å². The van der Waals surface area contributed by atoms with E-state index in [1.165, 1.54) is 17.7 Å². The van der Waals surface area contributed by atoms with Crippen molar-refractivity contribution in [3.63, 3.8) is 0 Å². The van der Waals surface area contributed by atoms with Crippen LogP contribution in [0, 0.1) is 0 Å². The number of aryl methyl sites for hydroxylation is 1. The first-order valence-corrected chi connectivity index (χ1v) is 15.7. The summed E-state index contributed by atoms with van der Waals surface area (Å²) in [6.07, 6.45) is 10.2. The topological polar surface area (TPSA) is 101 Å². The molecule has 1 aromatic heterocycles. The Balaban J connectivity index is 1.30. The number of pyridine rings is 1. The second-order valence-corrected chi connectivity index (χ2v) is 12.8. The van der Waals surface area contributed by atoms with Crippen molar-refractivity contribution >= 4 is 50.0 Å². The largest absolute Gasteiger partial charge is 0.382 e. The Morgan fingerprint density at radius 2 is 1.74 bits per heavy atom. The molecule has 3 N–H and O–H groups in total. The smallest absolute Gasteiger partial charge is 0.241 e. The Morgan fingerprint density at radius 1 is 1.00 bits per heavy atom. The molecule has 2 aliphatic rings. The molecular formula is C30H41N6O2S+. The van der Waals surface area contributed by atoms with Gasteiger partial charge >= 0.3 is 0 Å². The molecule has 3 aromatic rings. The lowest BCUT2D eigenvalue weighted by Gasteiger charge is -2.34. The predicted molar refractivity (Wildman–Crippen MR) is 163 cm³/mol. The van der Waals surface area contributed by atoms with Crippen molar-refractivity contribution in [3.8, 4) is 0 Å². The number of aromatic nitrogens is 1. The highest BCUT2D eigenvalue weighted by atomic mass is 32.2. The third-order valence-electron chi connectivity index (χ3n) is 8.12. The van der Waals surface area contributed by atoms with Gasteiger partial charge in [-0.25, -0.2) is 22.6 Å². The fraction of sp³-hybridized carbons (Fsp3) is 0.467. The third-order valence-corrected chi connectivity index (χ3v) is 9.64. The number of aliphatic imine (C=N–C) groups is 1. The predicted octanol–water partition coefficient (Wildman–Crippen LogP) is 5.30. The number of hydrogen-bond acceptors (Lipinski definition) is 6. The van der Waals surface area contributed by atoms with E-state index in [4.69, 9.17) is 15.7 Å². The summed E-state index contributed by atoms with van der Waals surface area (Å²) < 4.78 is 30.2. The van der Waals surface area contributed by atoms with Gasteiger partial charge in [-0.15, -0.1) is 0 Å². The van der Waals surface area contributed by atoms with Gasteiger partial charge in [0, 0.05) is 42.7 Å². The minimum atomic E-state index is -3.65. The van der Waals surface area contributed by atoms with Crippen molar-refractivity contribution in [2.24, 2.45) is 4.99 Å². The van der Waals surface area contributed by atoms with Gasteiger partial charge in [0.1, 0.15) is 0 Å². The number of benzene rings is 2. The summed E-state index contributed by atoms with van der Waals surface area (Å²) in [6.45, 7) is 4.44. The second kappa shape index (κ2) is 11.2. The van der Waals surface area contributed by atoms with Crippen molar-refractivity contribution in [1.29, 1.82) is 0 Å². The lowest BCUT2D eigenvalue weighted by atomic mass is 9.92. The molecule has 0 radical (unpaired) electrons. The van der Waals surface area contributed by atoms with E-state index in [-0.39, 0.29) is 0 Å². The molecule has 1 atom stereocenters. The van der Waals surface area contributed by atoms with Crippen molar-refractivity contribution < 1.29 is 8.42 Å². The van der Waals surface area contributed by atoms with Gasteiger partial charge in [0.2, 0.25) is 10.0 Å².